The lowest BCUT2D eigenvalue weighted by atomic mass is 10.0. The second-order valence-corrected chi connectivity index (χ2v) is 9.45. The molecule has 7 heteroatoms. The summed E-state index contributed by atoms with van der Waals surface area (Å²) in [6.45, 7) is 3.08. The third-order valence-corrected chi connectivity index (χ3v) is 6.95. The van der Waals surface area contributed by atoms with Crippen molar-refractivity contribution in [2.45, 2.75) is 52.1 Å². The van der Waals surface area contributed by atoms with E-state index in [-0.39, 0.29) is 5.91 Å². The zero-order chi connectivity index (χ0) is 20.1. The highest BCUT2D eigenvalue weighted by atomic mass is 32.1. The summed E-state index contributed by atoms with van der Waals surface area (Å²) in [5, 5.41) is 7.24. The number of fused-ring (bicyclic) bond motifs is 1. The molecule has 1 N–H and O–H groups in total. The van der Waals surface area contributed by atoms with E-state index in [2.05, 4.69) is 10.3 Å². The molecule has 1 amide bonds. The van der Waals surface area contributed by atoms with Crippen LogP contribution in [0.3, 0.4) is 0 Å². The fraction of sp³-hybridized carbons (Fsp3) is 0.409. The topological polar surface area (TPSA) is 64.1 Å². The lowest BCUT2D eigenvalue weighted by Crippen LogP contribution is -2.24. The molecule has 152 valence electrons. The summed E-state index contributed by atoms with van der Waals surface area (Å²) in [7, 11) is 0. The standard InChI is InChI=1S/C22H25N3O2S2/c1-15-24-17(14-28-15)13-27-18-10-8-16(9-11-18)22(26)23-12-4-7-21-25-19-5-2-3-6-20(19)29-21/h8-11,14H,2-7,12-13H2,1H3,(H,23,26). The van der Waals surface area contributed by atoms with E-state index in [0.717, 1.165) is 35.7 Å². The molecule has 0 radical (unpaired) electrons. The van der Waals surface area contributed by atoms with Gasteiger partial charge in [-0.05, 0) is 63.3 Å². The monoisotopic (exact) mass is 427 g/mol. The number of carbonyl (C=O) groups is 1. The van der Waals surface area contributed by atoms with Gasteiger partial charge in [-0.25, -0.2) is 9.97 Å². The second kappa shape index (κ2) is 9.50. The van der Waals surface area contributed by atoms with Crippen molar-refractivity contribution in [3.63, 3.8) is 0 Å². The third kappa shape index (κ3) is 5.42. The first-order chi connectivity index (χ1) is 14.2. The first-order valence-electron chi connectivity index (χ1n) is 10.1. The smallest absolute Gasteiger partial charge is 0.251 e. The minimum absolute atomic E-state index is 0.0508. The van der Waals surface area contributed by atoms with E-state index in [4.69, 9.17) is 9.72 Å². The van der Waals surface area contributed by atoms with Crippen LogP contribution in [0.2, 0.25) is 0 Å². The number of aromatic nitrogens is 2. The fourth-order valence-electron chi connectivity index (χ4n) is 3.39. The Morgan fingerprint density at radius 3 is 2.76 bits per heavy atom. The van der Waals surface area contributed by atoms with Crippen LogP contribution in [0.1, 0.15) is 55.9 Å². The number of rotatable bonds is 8. The first kappa shape index (κ1) is 20.0. The van der Waals surface area contributed by atoms with Crippen molar-refractivity contribution in [3.05, 3.63) is 61.5 Å². The summed E-state index contributed by atoms with van der Waals surface area (Å²) in [4.78, 5) is 23.0. The Balaban J connectivity index is 1.19. The molecular weight excluding hydrogens is 402 g/mol. The third-order valence-electron chi connectivity index (χ3n) is 4.91. The highest BCUT2D eigenvalue weighted by Gasteiger charge is 2.14. The molecule has 0 unspecified atom stereocenters. The van der Waals surface area contributed by atoms with Gasteiger partial charge < -0.3 is 10.1 Å². The van der Waals surface area contributed by atoms with Gasteiger partial charge in [0.1, 0.15) is 12.4 Å². The molecule has 29 heavy (non-hydrogen) atoms. The van der Waals surface area contributed by atoms with Gasteiger partial charge in [0.15, 0.2) is 0 Å². The van der Waals surface area contributed by atoms with E-state index >= 15 is 0 Å². The average molecular weight is 428 g/mol. The van der Waals surface area contributed by atoms with Gasteiger partial charge in [-0.2, -0.15) is 0 Å². The van der Waals surface area contributed by atoms with E-state index in [1.54, 1.807) is 23.5 Å². The zero-order valence-electron chi connectivity index (χ0n) is 16.6. The van der Waals surface area contributed by atoms with E-state index in [9.17, 15) is 4.79 Å². The largest absolute Gasteiger partial charge is 0.487 e. The normalized spacial score (nSPS) is 13.1. The Labute approximate surface area is 179 Å². The quantitative estimate of drug-likeness (QED) is 0.528. The number of nitrogens with zero attached hydrogens (tertiary/aromatic N) is 2. The van der Waals surface area contributed by atoms with Gasteiger partial charge in [0.2, 0.25) is 0 Å². The predicted molar refractivity (Wildman–Crippen MR) is 117 cm³/mol. The molecule has 1 aliphatic rings. The fourth-order valence-corrected chi connectivity index (χ4v) is 5.19. The Hall–Kier alpha value is -2.25. The summed E-state index contributed by atoms with van der Waals surface area (Å²) in [6.07, 6.45) is 6.71. The molecule has 2 aromatic heterocycles. The number of hydrogen-bond acceptors (Lipinski definition) is 6. The Kier molecular flexibility index (Phi) is 6.56. The second-order valence-electron chi connectivity index (χ2n) is 7.21. The SMILES string of the molecule is Cc1nc(COc2ccc(C(=O)NCCCc3nc4c(s3)CCCC4)cc2)cs1. The van der Waals surface area contributed by atoms with Crippen LogP contribution in [0.4, 0.5) is 0 Å². The average Bonchev–Trinajstić information content (AvgIpc) is 3.35. The number of amides is 1. The van der Waals surface area contributed by atoms with Crippen molar-refractivity contribution in [2.75, 3.05) is 6.54 Å². The van der Waals surface area contributed by atoms with Crippen LogP contribution in [0, 0.1) is 6.92 Å². The molecule has 5 nitrogen and oxygen atoms in total. The minimum atomic E-state index is -0.0508. The van der Waals surface area contributed by atoms with Crippen LogP contribution in [0.15, 0.2) is 29.6 Å². The predicted octanol–water partition coefficient (Wildman–Crippen LogP) is 4.73. The van der Waals surface area contributed by atoms with Crippen molar-refractivity contribution in [3.8, 4) is 5.75 Å². The summed E-state index contributed by atoms with van der Waals surface area (Å²) < 4.78 is 5.73. The summed E-state index contributed by atoms with van der Waals surface area (Å²) in [6, 6.07) is 7.25. The van der Waals surface area contributed by atoms with Crippen molar-refractivity contribution < 1.29 is 9.53 Å². The van der Waals surface area contributed by atoms with Gasteiger partial charge in [0.25, 0.3) is 5.91 Å². The van der Waals surface area contributed by atoms with Crippen LogP contribution in [-0.4, -0.2) is 22.4 Å². The molecule has 3 aromatic rings. The van der Waals surface area contributed by atoms with Gasteiger partial charge in [0, 0.05) is 28.8 Å². The maximum Gasteiger partial charge on any atom is 0.251 e. The number of carbonyl (C=O) groups excluding carboxylic acids is 1. The highest BCUT2D eigenvalue weighted by Crippen LogP contribution is 2.27. The van der Waals surface area contributed by atoms with E-state index in [1.807, 2.05) is 35.8 Å². The molecule has 1 aliphatic carbocycles. The number of aryl methyl sites for hydroxylation is 4. The molecule has 0 fully saturated rings. The molecule has 0 saturated carbocycles. The molecule has 0 atom stereocenters. The van der Waals surface area contributed by atoms with E-state index in [0.29, 0.717) is 18.7 Å². The number of hydrogen-bond donors (Lipinski definition) is 1. The van der Waals surface area contributed by atoms with Crippen LogP contribution in [0.5, 0.6) is 5.75 Å². The highest BCUT2D eigenvalue weighted by molar-refractivity contribution is 7.11. The van der Waals surface area contributed by atoms with Gasteiger partial charge in [-0.3, -0.25) is 4.79 Å². The van der Waals surface area contributed by atoms with Crippen molar-refractivity contribution in [1.82, 2.24) is 15.3 Å². The van der Waals surface area contributed by atoms with Gasteiger partial charge in [-0.1, -0.05) is 0 Å². The van der Waals surface area contributed by atoms with E-state index < -0.39 is 0 Å². The molecule has 0 bridgehead atoms. The lowest BCUT2D eigenvalue weighted by Gasteiger charge is -2.07. The van der Waals surface area contributed by atoms with E-state index in [1.165, 1.54) is 34.8 Å². The molecule has 1 aromatic carbocycles. The van der Waals surface area contributed by atoms with Gasteiger partial charge in [-0.15, -0.1) is 22.7 Å². The van der Waals surface area contributed by atoms with Crippen molar-refractivity contribution in [2.24, 2.45) is 0 Å². The summed E-state index contributed by atoms with van der Waals surface area (Å²) >= 11 is 3.47. The molecule has 0 spiro atoms. The summed E-state index contributed by atoms with van der Waals surface area (Å²) in [5.41, 5.74) is 2.88. The molecular formula is C22H25N3O2S2. The number of thiazole rings is 2. The Bertz CT molecular complexity index is 939. The van der Waals surface area contributed by atoms with Crippen LogP contribution in [-0.2, 0) is 25.9 Å². The first-order valence-corrected chi connectivity index (χ1v) is 11.8. The molecule has 4 rings (SSSR count). The van der Waals surface area contributed by atoms with Crippen LogP contribution >= 0.6 is 22.7 Å². The van der Waals surface area contributed by atoms with Gasteiger partial charge >= 0.3 is 0 Å². The maximum atomic E-state index is 12.3. The number of benzene rings is 1. The minimum Gasteiger partial charge on any atom is -0.487 e. The Morgan fingerprint density at radius 1 is 1.17 bits per heavy atom. The number of ether oxygens (including phenoxy) is 1. The maximum absolute atomic E-state index is 12.3. The van der Waals surface area contributed by atoms with Crippen molar-refractivity contribution in [1.29, 1.82) is 0 Å². The molecule has 0 saturated heterocycles. The van der Waals surface area contributed by atoms with Crippen LogP contribution < -0.4 is 10.1 Å². The zero-order valence-corrected chi connectivity index (χ0v) is 18.2. The lowest BCUT2D eigenvalue weighted by molar-refractivity contribution is 0.0953. The molecule has 2 heterocycles. The Morgan fingerprint density at radius 2 is 2.00 bits per heavy atom. The molecule has 0 aliphatic heterocycles. The van der Waals surface area contributed by atoms with Crippen molar-refractivity contribution >= 4 is 28.6 Å². The van der Waals surface area contributed by atoms with Crippen LogP contribution in [0.25, 0.3) is 0 Å². The van der Waals surface area contributed by atoms with Gasteiger partial charge in [0.05, 0.1) is 21.4 Å². The summed E-state index contributed by atoms with van der Waals surface area (Å²) in [5.74, 6) is 0.685. The number of nitrogens with one attached hydrogen (secondary N) is 1.